The zero-order valence-corrected chi connectivity index (χ0v) is 10.5. The number of hydrogen-bond acceptors (Lipinski definition) is 2. The molecule has 0 saturated carbocycles. The maximum absolute atomic E-state index is 11.3. The fourth-order valence-electron chi connectivity index (χ4n) is 1.02. The van der Waals surface area contributed by atoms with E-state index in [1.54, 1.807) is 0 Å². The first-order chi connectivity index (χ1) is 6.48. The normalized spacial score (nSPS) is 14.2. The van der Waals surface area contributed by atoms with Crippen LogP contribution >= 0.6 is 11.6 Å². The molecule has 0 fully saturated rings. The summed E-state index contributed by atoms with van der Waals surface area (Å²) < 4.78 is 25.1. The SMILES string of the molecule is CCCCS(=O)(=O)NCCCC(C)Cl. The second-order valence-electron chi connectivity index (χ2n) is 3.49. The van der Waals surface area contributed by atoms with Gasteiger partial charge in [0.1, 0.15) is 0 Å². The van der Waals surface area contributed by atoms with Gasteiger partial charge in [-0.3, -0.25) is 0 Å². The lowest BCUT2D eigenvalue weighted by molar-refractivity contribution is 0.573. The number of unbranched alkanes of at least 4 members (excludes halogenated alkanes) is 1. The Labute approximate surface area is 92.3 Å². The van der Waals surface area contributed by atoms with E-state index in [2.05, 4.69) is 4.72 Å². The van der Waals surface area contributed by atoms with Crippen molar-refractivity contribution in [3.63, 3.8) is 0 Å². The summed E-state index contributed by atoms with van der Waals surface area (Å²) in [4.78, 5) is 0. The molecule has 86 valence electrons. The van der Waals surface area contributed by atoms with Crippen molar-refractivity contribution in [2.24, 2.45) is 0 Å². The second-order valence-corrected chi connectivity index (χ2v) is 6.16. The first kappa shape index (κ1) is 14.2. The van der Waals surface area contributed by atoms with Gasteiger partial charge in [0.2, 0.25) is 10.0 Å². The van der Waals surface area contributed by atoms with Gasteiger partial charge in [0.05, 0.1) is 5.75 Å². The fourth-order valence-corrected chi connectivity index (χ4v) is 2.44. The summed E-state index contributed by atoms with van der Waals surface area (Å²) in [5.74, 6) is 0.236. The zero-order valence-electron chi connectivity index (χ0n) is 8.92. The predicted octanol–water partition coefficient (Wildman–Crippen LogP) is 2.11. The molecule has 0 aromatic rings. The lowest BCUT2D eigenvalue weighted by Crippen LogP contribution is -2.27. The van der Waals surface area contributed by atoms with Crippen molar-refractivity contribution >= 4 is 21.6 Å². The minimum atomic E-state index is -3.03. The second kappa shape index (κ2) is 7.49. The fraction of sp³-hybridized carbons (Fsp3) is 1.00. The van der Waals surface area contributed by atoms with Gasteiger partial charge < -0.3 is 0 Å². The van der Waals surface area contributed by atoms with Crippen molar-refractivity contribution in [1.29, 1.82) is 0 Å². The van der Waals surface area contributed by atoms with Crippen LogP contribution in [0.15, 0.2) is 0 Å². The molecule has 0 aliphatic heterocycles. The lowest BCUT2D eigenvalue weighted by atomic mass is 10.2. The van der Waals surface area contributed by atoms with Crippen molar-refractivity contribution in [3.05, 3.63) is 0 Å². The first-order valence-electron chi connectivity index (χ1n) is 5.09. The van der Waals surface area contributed by atoms with Gasteiger partial charge in [0.25, 0.3) is 0 Å². The van der Waals surface area contributed by atoms with Gasteiger partial charge in [-0.05, 0) is 26.2 Å². The van der Waals surface area contributed by atoms with Crippen LogP contribution < -0.4 is 4.72 Å². The molecule has 1 N–H and O–H groups in total. The monoisotopic (exact) mass is 241 g/mol. The standard InChI is InChI=1S/C9H20ClNO2S/c1-3-4-8-14(12,13)11-7-5-6-9(2)10/h9,11H,3-8H2,1-2H3. The van der Waals surface area contributed by atoms with Crippen LogP contribution in [0.4, 0.5) is 0 Å². The quantitative estimate of drug-likeness (QED) is 0.523. The molecule has 1 atom stereocenters. The van der Waals surface area contributed by atoms with Crippen LogP contribution in [0.3, 0.4) is 0 Å². The zero-order chi connectivity index (χ0) is 11.0. The van der Waals surface area contributed by atoms with Crippen LogP contribution in [-0.4, -0.2) is 26.1 Å². The lowest BCUT2D eigenvalue weighted by Gasteiger charge is -2.06. The van der Waals surface area contributed by atoms with Crippen molar-refractivity contribution in [3.8, 4) is 0 Å². The molecule has 0 amide bonds. The smallest absolute Gasteiger partial charge is 0.211 e. The highest BCUT2D eigenvalue weighted by Gasteiger charge is 2.07. The molecule has 0 aromatic heterocycles. The van der Waals surface area contributed by atoms with Crippen molar-refractivity contribution in [1.82, 2.24) is 4.72 Å². The van der Waals surface area contributed by atoms with Crippen LogP contribution in [0, 0.1) is 0 Å². The molecule has 0 radical (unpaired) electrons. The average molecular weight is 242 g/mol. The summed E-state index contributed by atoms with van der Waals surface area (Å²) >= 11 is 5.73. The van der Waals surface area contributed by atoms with E-state index < -0.39 is 10.0 Å². The Morgan fingerprint density at radius 2 is 2.00 bits per heavy atom. The van der Waals surface area contributed by atoms with Gasteiger partial charge in [0.15, 0.2) is 0 Å². The van der Waals surface area contributed by atoms with Gasteiger partial charge in [-0.15, -0.1) is 11.6 Å². The molecule has 3 nitrogen and oxygen atoms in total. The minimum absolute atomic E-state index is 0.121. The summed E-state index contributed by atoms with van der Waals surface area (Å²) in [6.45, 7) is 4.39. The highest BCUT2D eigenvalue weighted by Crippen LogP contribution is 2.03. The number of alkyl halides is 1. The van der Waals surface area contributed by atoms with E-state index in [9.17, 15) is 8.42 Å². The van der Waals surface area contributed by atoms with Crippen LogP contribution in [0.25, 0.3) is 0 Å². The van der Waals surface area contributed by atoms with Gasteiger partial charge >= 0.3 is 0 Å². The van der Waals surface area contributed by atoms with Crippen LogP contribution in [-0.2, 0) is 10.0 Å². The van der Waals surface area contributed by atoms with E-state index in [0.29, 0.717) is 6.54 Å². The number of rotatable bonds is 8. The van der Waals surface area contributed by atoms with Crippen LogP contribution in [0.2, 0.25) is 0 Å². The third kappa shape index (κ3) is 8.78. The Balaban J connectivity index is 3.56. The van der Waals surface area contributed by atoms with Crippen LogP contribution in [0.1, 0.15) is 39.5 Å². The largest absolute Gasteiger partial charge is 0.215 e. The maximum atomic E-state index is 11.3. The third-order valence-electron chi connectivity index (χ3n) is 1.87. The van der Waals surface area contributed by atoms with Crippen LogP contribution in [0.5, 0.6) is 0 Å². The first-order valence-corrected chi connectivity index (χ1v) is 7.18. The minimum Gasteiger partial charge on any atom is -0.215 e. The molecule has 0 saturated heterocycles. The van der Waals surface area contributed by atoms with E-state index in [1.807, 2.05) is 13.8 Å². The van der Waals surface area contributed by atoms with Crippen molar-refractivity contribution < 1.29 is 8.42 Å². The summed E-state index contributed by atoms with van der Waals surface area (Å²) in [6.07, 6.45) is 3.27. The van der Waals surface area contributed by atoms with Crippen molar-refractivity contribution in [2.45, 2.75) is 44.9 Å². The van der Waals surface area contributed by atoms with E-state index in [4.69, 9.17) is 11.6 Å². The number of sulfonamides is 1. The molecule has 0 aromatic carbocycles. The molecular formula is C9H20ClNO2S. The molecule has 0 spiro atoms. The molecule has 5 heteroatoms. The molecule has 0 rings (SSSR count). The number of hydrogen-bond donors (Lipinski definition) is 1. The highest BCUT2D eigenvalue weighted by molar-refractivity contribution is 7.89. The van der Waals surface area contributed by atoms with E-state index in [0.717, 1.165) is 25.7 Å². The number of nitrogens with one attached hydrogen (secondary N) is 1. The Morgan fingerprint density at radius 3 is 2.50 bits per heavy atom. The van der Waals surface area contributed by atoms with E-state index in [1.165, 1.54) is 0 Å². The Hall–Kier alpha value is 0.200. The molecule has 0 bridgehead atoms. The molecule has 14 heavy (non-hydrogen) atoms. The summed E-state index contributed by atoms with van der Waals surface area (Å²) in [5, 5.41) is 0.121. The summed E-state index contributed by atoms with van der Waals surface area (Å²) in [7, 11) is -3.03. The van der Waals surface area contributed by atoms with Gasteiger partial charge in [0, 0.05) is 11.9 Å². The summed E-state index contributed by atoms with van der Waals surface area (Å²) in [5.41, 5.74) is 0. The highest BCUT2D eigenvalue weighted by atomic mass is 35.5. The Kier molecular flexibility index (Phi) is 7.59. The average Bonchev–Trinajstić information content (AvgIpc) is 2.09. The molecule has 0 aliphatic rings. The molecule has 0 heterocycles. The Morgan fingerprint density at radius 1 is 1.36 bits per heavy atom. The van der Waals surface area contributed by atoms with Gasteiger partial charge in [-0.1, -0.05) is 13.3 Å². The topological polar surface area (TPSA) is 46.2 Å². The maximum Gasteiger partial charge on any atom is 0.211 e. The molecule has 0 aliphatic carbocycles. The Bertz CT molecular complexity index is 227. The van der Waals surface area contributed by atoms with Gasteiger partial charge in [-0.25, -0.2) is 13.1 Å². The van der Waals surface area contributed by atoms with E-state index in [-0.39, 0.29) is 11.1 Å². The molecule has 1 unspecified atom stereocenters. The van der Waals surface area contributed by atoms with Crippen molar-refractivity contribution in [2.75, 3.05) is 12.3 Å². The number of halogens is 1. The van der Waals surface area contributed by atoms with Gasteiger partial charge in [-0.2, -0.15) is 0 Å². The summed E-state index contributed by atoms with van der Waals surface area (Å²) in [6, 6.07) is 0. The third-order valence-corrected chi connectivity index (χ3v) is 3.56. The molecular weight excluding hydrogens is 222 g/mol. The van der Waals surface area contributed by atoms with E-state index >= 15 is 0 Å². The predicted molar refractivity (Wildman–Crippen MR) is 61.2 cm³/mol.